The summed E-state index contributed by atoms with van der Waals surface area (Å²) in [4.78, 5) is 11.8. The maximum Gasteiger partial charge on any atom is 0.164 e. The normalized spacial score (nSPS) is 25.0. The molecule has 0 N–H and O–H groups in total. The van der Waals surface area contributed by atoms with Gasteiger partial charge in [0.25, 0.3) is 0 Å². The van der Waals surface area contributed by atoms with Gasteiger partial charge in [-0.05, 0) is 35.7 Å². The van der Waals surface area contributed by atoms with Gasteiger partial charge in [0.05, 0.1) is 0 Å². The lowest BCUT2D eigenvalue weighted by Crippen LogP contribution is -2.14. The molecule has 1 aromatic heterocycles. The quantitative estimate of drug-likeness (QED) is 0.779. The van der Waals surface area contributed by atoms with Gasteiger partial charge in [-0.1, -0.05) is 27.7 Å². The van der Waals surface area contributed by atoms with Gasteiger partial charge in [0.2, 0.25) is 0 Å². The molecule has 1 heterocycles. The molecule has 0 spiro atoms. The molecule has 2 heteroatoms. The second-order valence-corrected chi connectivity index (χ2v) is 7.10. The summed E-state index contributed by atoms with van der Waals surface area (Å²) in [6.07, 6.45) is 4.95. The summed E-state index contributed by atoms with van der Waals surface area (Å²) >= 11 is 0. The summed E-state index contributed by atoms with van der Waals surface area (Å²) in [6, 6.07) is 2.03. The van der Waals surface area contributed by atoms with Crippen LogP contribution >= 0.6 is 0 Å². The minimum Gasteiger partial charge on any atom is -0.350 e. The number of rotatable bonds is 2. The van der Waals surface area contributed by atoms with Crippen molar-refractivity contribution in [1.29, 1.82) is 0 Å². The summed E-state index contributed by atoms with van der Waals surface area (Å²) in [5.41, 5.74) is 3.10. The van der Waals surface area contributed by atoms with Crippen LogP contribution in [-0.4, -0.2) is 10.4 Å². The summed E-state index contributed by atoms with van der Waals surface area (Å²) in [7, 11) is 0. The zero-order valence-electron chi connectivity index (χ0n) is 11.9. The molecule has 2 aliphatic carbocycles. The molecule has 0 saturated heterocycles. The lowest BCUT2D eigenvalue weighted by molar-refractivity contribution is 0.0971. The van der Waals surface area contributed by atoms with Crippen molar-refractivity contribution < 1.29 is 4.79 Å². The van der Waals surface area contributed by atoms with E-state index in [0.29, 0.717) is 16.6 Å². The smallest absolute Gasteiger partial charge is 0.164 e. The summed E-state index contributed by atoms with van der Waals surface area (Å²) in [5, 5.41) is 0. The number of nitrogens with zero attached hydrogens (tertiary/aromatic N) is 1. The highest BCUT2D eigenvalue weighted by Gasteiger charge is 2.64. The van der Waals surface area contributed by atoms with Crippen molar-refractivity contribution in [1.82, 2.24) is 4.57 Å². The first-order valence-corrected chi connectivity index (χ1v) is 7.07. The number of fused-ring (bicyclic) bond motifs is 1. The van der Waals surface area contributed by atoms with Crippen molar-refractivity contribution in [3.05, 3.63) is 23.5 Å². The highest BCUT2D eigenvalue weighted by atomic mass is 16.1. The monoisotopic (exact) mass is 245 g/mol. The molecule has 1 aromatic rings. The van der Waals surface area contributed by atoms with Crippen molar-refractivity contribution in [2.45, 2.75) is 53.5 Å². The third kappa shape index (κ3) is 1.44. The van der Waals surface area contributed by atoms with Crippen LogP contribution in [-0.2, 0) is 13.0 Å². The number of hydrogen-bond acceptors (Lipinski definition) is 1. The number of Topliss-reactive ketones (excluding diaryl/α,β-unsaturated/α-hetero) is 1. The lowest BCUT2D eigenvalue weighted by Gasteiger charge is -2.15. The molecule has 2 nitrogen and oxygen atoms in total. The van der Waals surface area contributed by atoms with Gasteiger partial charge < -0.3 is 4.57 Å². The van der Waals surface area contributed by atoms with E-state index in [1.807, 2.05) is 6.07 Å². The highest BCUT2D eigenvalue weighted by Crippen LogP contribution is 2.68. The van der Waals surface area contributed by atoms with E-state index in [-0.39, 0.29) is 0 Å². The molecular formula is C16H23NO. The van der Waals surface area contributed by atoms with Gasteiger partial charge in [-0.3, -0.25) is 4.79 Å². The Morgan fingerprint density at radius 3 is 2.50 bits per heavy atom. The molecule has 3 rings (SSSR count). The molecule has 0 radical (unpaired) electrons. The predicted molar refractivity (Wildman–Crippen MR) is 72.8 cm³/mol. The van der Waals surface area contributed by atoms with Crippen LogP contribution in [0.25, 0.3) is 0 Å². The molecule has 0 unspecified atom stereocenters. The van der Waals surface area contributed by atoms with Gasteiger partial charge in [0, 0.05) is 30.4 Å². The zero-order valence-corrected chi connectivity index (χ0v) is 11.9. The van der Waals surface area contributed by atoms with Crippen molar-refractivity contribution in [3.8, 4) is 0 Å². The number of carbonyl (C=O) groups excluding carboxylic acids is 1. The Hall–Kier alpha value is -1.05. The molecule has 1 fully saturated rings. The minimum atomic E-state index is 0.337. The van der Waals surface area contributed by atoms with Gasteiger partial charge in [0.1, 0.15) is 0 Å². The lowest BCUT2D eigenvalue weighted by atomic mass is 9.96. The average molecular weight is 245 g/mol. The number of hydrogen-bond donors (Lipinski definition) is 0. The standard InChI is InChI=1S/C16H23NO/c1-15(2)14(16(15,3)4)10-17-9-8-11-12(17)6-5-7-13(11)18/h8-9,14H,5-7,10H2,1-4H3. The summed E-state index contributed by atoms with van der Waals surface area (Å²) in [6.45, 7) is 10.5. The van der Waals surface area contributed by atoms with Crippen molar-refractivity contribution in [3.63, 3.8) is 0 Å². The molecule has 18 heavy (non-hydrogen) atoms. The molecule has 0 atom stereocenters. The summed E-state index contributed by atoms with van der Waals surface area (Å²) in [5.74, 6) is 1.06. The Labute approximate surface area is 109 Å². The van der Waals surface area contributed by atoms with Gasteiger partial charge >= 0.3 is 0 Å². The number of ketones is 1. The molecule has 0 amide bonds. The van der Waals surface area contributed by atoms with E-state index in [1.54, 1.807) is 0 Å². The van der Waals surface area contributed by atoms with Crippen LogP contribution in [0.1, 0.15) is 56.6 Å². The Bertz CT molecular complexity index is 493. The first kappa shape index (κ1) is 12.0. The Kier molecular flexibility index (Phi) is 2.33. The van der Waals surface area contributed by atoms with Crippen molar-refractivity contribution >= 4 is 5.78 Å². The van der Waals surface area contributed by atoms with Crippen LogP contribution in [0.5, 0.6) is 0 Å². The van der Waals surface area contributed by atoms with Gasteiger partial charge in [-0.2, -0.15) is 0 Å². The molecule has 0 aromatic carbocycles. The second kappa shape index (κ2) is 3.49. The highest BCUT2D eigenvalue weighted by molar-refractivity contribution is 5.98. The van der Waals surface area contributed by atoms with E-state index in [0.717, 1.165) is 37.3 Å². The maximum absolute atomic E-state index is 11.8. The van der Waals surface area contributed by atoms with E-state index in [9.17, 15) is 4.79 Å². The first-order chi connectivity index (χ1) is 8.35. The largest absolute Gasteiger partial charge is 0.350 e. The van der Waals surface area contributed by atoms with Crippen LogP contribution in [0.2, 0.25) is 0 Å². The predicted octanol–water partition coefficient (Wildman–Crippen LogP) is 3.69. The molecule has 0 bridgehead atoms. The van der Waals surface area contributed by atoms with Crippen LogP contribution in [0.15, 0.2) is 12.3 Å². The van der Waals surface area contributed by atoms with E-state index >= 15 is 0 Å². The van der Waals surface area contributed by atoms with E-state index in [2.05, 4.69) is 38.5 Å². The number of carbonyl (C=O) groups is 1. The van der Waals surface area contributed by atoms with E-state index < -0.39 is 0 Å². The molecule has 1 saturated carbocycles. The van der Waals surface area contributed by atoms with Crippen LogP contribution < -0.4 is 0 Å². The number of aromatic nitrogens is 1. The van der Waals surface area contributed by atoms with Crippen LogP contribution in [0.4, 0.5) is 0 Å². The molecule has 0 aliphatic heterocycles. The van der Waals surface area contributed by atoms with Crippen LogP contribution in [0, 0.1) is 16.7 Å². The SMILES string of the molecule is CC1(C)C(Cn2ccc3c2CCCC3=O)C1(C)C. The fourth-order valence-corrected chi connectivity index (χ4v) is 3.75. The third-order valence-electron chi connectivity index (χ3n) is 5.90. The molecular weight excluding hydrogens is 222 g/mol. The third-order valence-corrected chi connectivity index (χ3v) is 5.90. The van der Waals surface area contributed by atoms with Gasteiger partial charge in [-0.25, -0.2) is 0 Å². The molecule has 2 aliphatic rings. The maximum atomic E-state index is 11.8. The van der Waals surface area contributed by atoms with Gasteiger partial charge in [0.15, 0.2) is 5.78 Å². The second-order valence-electron chi connectivity index (χ2n) is 7.10. The Balaban J connectivity index is 1.86. The molecule has 98 valence electrons. The van der Waals surface area contributed by atoms with E-state index in [1.165, 1.54) is 5.69 Å². The minimum absolute atomic E-state index is 0.337. The van der Waals surface area contributed by atoms with Crippen molar-refractivity contribution in [2.24, 2.45) is 16.7 Å². The fourth-order valence-electron chi connectivity index (χ4n) is 3.75. The Morgan fingerprint density at radius 2 is 1.89 bits per heavy atom. The fraction of sp³-hybridized carbons (Fsp3) is 0.688. The topological polar surface area (TPSA) is 22.0 Å². The van der Waals surface area contributed by atoms with Crippen LogP contribution in [0.3, 0.4) is 0 Å². The first-order valence-electron chi connectivity index (χ1n) is 7.07. The van der Waals surface area contributed by atoms with Crippen molar-refractivity contribution in [2.75, 3.05) is 0 Å². The van der Waals surface area contributed by atoms with E-state index in [4.69, 9.17) is 0 Å². The Morgan fingerprint density at radius 1 is 1.22 bits per heavy atom. The zero-order chi connectivity index (χ0) is 13.1. The average Bonchev–Trinajstić information content (AvgIpc) is 2.66. The summed E-state index contributed by atoms with van der Waals surface area (Å²) < 4.78 is 2.34. The van der Waals surface area contributed by atoms with Gasteiger partial charge in [-0.15, -0.1) is 0 Å².